The monoisotopic (exact) mass is 689 g/mol. The second-order valence-corrected chi connectivity index (χ2v) is 11.1. The van der Waals surface area contributed by atoms with E-state index in [1.165, 1.54) is 34.1 Å². The van der Waals surface area contributed by atoms with E-state index >= 15 is 4.39 Å². The summed E-state index contributed by atoms with van der Waals surface area (Å²) < 4.78 is 25.9. The molecule has 228 valence electrons. The third kappa shape index (κ3) is 7.90. The fourth-order valence-electron chi connectivity index (χ4n) is 4.45. The number of nitrogens with one attached hydrogen (secondary N) is 1. The number of hydrogen-bond acceptors (Lipinski definition) is 10. The Kier molecular flexibility index (Phi) is 12.0. The van der Waals surface area contributed by atoms with Crippen LogP contribution in [0.4, 0.5) is 20.6 Å². The number of morpholine rings is 1. The number of benzene rings is 1. The van der Waals surface area contributed by atoms with Crippen LogP contribution in [0.15, 0.2) is 30.3 Å². The van der Waals surface area contributed by atoms with E-state index in [-0.39, 0.29) is 72.7 Å². The Morgan fingerprint density at radius 3 is 2.57 bits per heavy atom. The lowest BCUT2D eigenvalue weighted by Gasteiger charge is -2.27. The number of halogens is 3. The van der Waals surface area contributed by atoms with Crippen LogP contribution in [-0.4, -0.2) is 106 Å². The van der Waals surface area contributed by atoms with Gasteiger partial charge in [-0.2, -0.15) is 0 Å². The molecule has 42 heavy (non-hydrogen) atoms. The smallest absolute Gasteiger partial charge is 0.414 e. The Balaban J connectivity index is 0.00000484. The number of amides is 5. The molecule has 4 rings (SSSR count). The lowest BCUT2D eigenvalue weighted by molar-refractivity contribution is -0.141. The van der Waals surface area contributed by atoms with E-state index in [0.717, 1.165) is 16.2 Å². The number of ether oxygens (including phenoxy) is 2. The first-order valence-electron chi connectivity index (χ1n) is 12.7. The molecule has 16 heteroatoms. The molecule has 2 saturated heterocycles. The summed E-state index contributed by atoms with van der Waals surface area (Å²) in [5.41, 5.74) is 0.345. The van der Waals surface area contributed by atoms with E-state index in [0.29, 0.717) is 28.1 Å². The molecule has 1 aromatic heterocycles. The second kappa shape index (κ2) is 15.0. The van der Waals surface area contributed by atoms with Gasteiger partial charge in [-0.3, -0.25) is 29.0 Å². The molecule has 0 bridgehead atoms. The minimum atomic E-state index is -0.766. The number of rotatable bonds is 10. The summed E-state index contributed by atoms with van der Waals surface area (Å²) in [5, 5.41) is 2.81. The molecule has 0 spiro atoms. The Hall–Kier alpha value is -2.95. The molecule has 0 aliphatic carbocycles. The minimum Gasteiger partial charge on any atom is -0.443 e. The number of carbonyl (C=O) groups excluding carboxylic acids is 5. The van der Waals surface area contributed by atoms with Gasteiger partial charge in [0.15, 0.2) is 0 Å². The lowest BCUT2D eigenvalue weighted by atomic mass is 10.2. The first-order valence-corrected chi connectivity index (χ1v) is 13.9. The molecule has 1 aromatic carbocycles. The van der Waals surface area contributed by atoms with Gasteiger partial charge in [0, 0.05) is 31.7 Å². The highest BCUT2D eigenvalue weighted by Gasteiger charge is 2.36. The molecule has 1 N–H and O–H groups in total. The predicted octanol–water partition coefficient (Wildman–Crippen LogP) is 2.54. The number of carbonyl (C=O) groups is 5. The number of anilines is 2. The molecule has 5 amide bonds. The van der Waals surface area contributed by atoms with Gasteiger partial charge in [-0.05, 0) is 44.4 Å². The highest BCUT2D eigenvalue weighted by molar-refractivity contribution is 8.93. The van der Waals surface area contributed by atoms with Crippen molar-refractivity contribution in [3.63, 3.8) is 0 Å². The van der Waals surface area contributed by atoms with Crippen LogP contribution in [0.2, 0.25) is 4.34 Å². The van der Waals surface area contributed by atoms with Crippen molar-refractivity contribution < 1.29 is 37.8 Å². The molecule has 0 saturated carbocycles. The van der Waals surface area contributed by atoms with Gasteiger partial charge in [0.25, 0.3) is 11.8 Å². The standard InChI is InChI=1S/C26H29ClFN5O7S.BrH/c1-29-8-7-22(34)33(25(37)20-5-6-21(27)41-20)23(35)14-30(2)12-17-13-32(26(38)40-17)19-4-3-16(11-18(19)28)31-9-10-39-15-24(31)36;/h3-6,11,17,29H,7-10,12-15H2,1-2H3;1H/t17-;/m0./s1. The van der Waals surface area contributed by atoms with Crippen LogP contribution < -0.4 is 15.1 Å². The zero-order valence-electron chi connectivity index (χ0n) is 22.8. The zero-order chi connectivity index (χ0) is 29.7. The summed E-state index contributed by atoms with van der Waals surface area (Å²) in [5.74, 6) is -3.17. The summed E-state index contributed by atoms with van der Waals surface area (Å²) in [4.78, 5) is 68.4. The first kappa shape index (κ1) is 33.6. The van der Waals surface area contributed by atoms with Gasteiger partial charge in [-0.25, -0.2) is 14.1 Å². The summed E-state index contributed by atoms with van der Waals surface area (Å²) in [6.45, 7) is 0.574. The van der Waals surface area contributed by atoms with Crippen molar-refractivity contribution in [2.75, 3.05) is 69.8 Å². The van der Waals surface area contributed by atoms with Crippen molar-refractivity contribution in [1.29, 1.82) is 0 Å². The molecule has 1 atom stereocenters. The third-order valence-corrected chi connectivity index (χ3v) is 7.61. The van der Waals surface area contributed by atoms with Crippen LogP contribution in [0, 0.1) is 5.82 Å². The molecule has 0 radical (unpaired) electrons. The molecule has 2 fully saturated rings. The summed E-state index contributed by atoms with van der Waals surface area (Å²) in [6, 6.07) is 7.08. The second-order valence-electron chi connectivity index (χ2n) is 9.43. The zero-order valence-corrected chi connectivity index (χ0v) is 26.1. The Labute approximate surface area is 261 Å². The topological polar surface area (TPSA) is 129 Å². The highest BCUT2D eigenvalue weighted by Crippen LogP contribution is 2.29. The van der Waals surface area contributed by atoms with Crippen LogP contribution >= 0.6 is 39.9 Å². The number of imide groups is 3. The number of nitrogens with zero attached hydrogens (tertiary/aromatic N) is 4. The maximum absolute atomic E-state index is 15.0. The van der Waals surface area contributed by atoms with Gasteiger partial charge >= 0.3 is 6.09 Å². The van der Waals surface area contributed by atoms with Crippen LogP contribution in [0.25, 0.3) is 0 Å². The van der Waals surface area contributed by atoms with Crippen molar-refractivity contribution in [3.8, 4) is 0 Å². The molecular weight excluding hydrogens is 661 g/mol. The maximum Gasteiger partial charge on any atom is 0.414 e. The van der Waals surface area contributed by atoms with E-state index in [4.69, 9.17) is 21.1 Å². The van der Waals surface area contributed by atoms with Gasteiger partial charge in [0.1, 0.15) is 18.5 Å². The van der Waals surface area contributed by atoms with Gasteiger partial charge in [-0.15, -0.1) is 28.3 Å². The first-order chi connectivity index (χ1) is 19.6. The predicted molar refractivity (Wildman–Crippen MR) is 159 cm³/mol. The highest BCUT2D eigenvalue weighted by atomic mass is 79.9. The summed E-state index contributed by atoms with van der Waals surface area (Å²) in [7, 11) is 3.22. The Morgan fingerprint density at radius 2 is 1.93 bits per heavy atom. The largest absolute Gasteiger partial charge is 0.443 e. The van der Waals surface area contributed by atoms with Crippen molar-refractivity contribution in [1.82, 2.24) is 15.1 Å². The molecule has 2 aliphatic rings. The molecule has 12 nitrogen and oxygen atoms in total. The van der Waals surface area contributed by atoms with Gasteiger partial charge in [0.2, 0.25) is 11.8 Å². The number of cyclic esters (lactones) is 1. The van der Waals surface area contributed by atoms with E-state index in [2.05, 4.69) is 5.32 Å². The maximum atomic E-state index is 15.0. The Morgan fingerprint density at radius 1 is 1.17 bits per heavy atom. The van der Waals surface area contributed by atoms with Crippen molar-refractivity contribution in [2.45, 2.75) is 12.5 Å². The SMILES string of the molecule is Br.CNCCC(=O)N(C(=O)CN(C)C[C@H]1CN(c2ccc(N3CCOCC3=O)cc2F)C(=O)O1)C(=O)c1ccc(Cl)s1. The fraction of sp³-hybridized carbons (Fsp3) is 0.423. The van der Waals surface area contributed by atoms with Crippen LogP contribution in [0.5, 0.6) is 0 Å². The molecule has 2 aliphatic heterocycles. The lowest BCUT2D eigenvalue weighted by Crippen LogP contribution is -2.47. The van der Waals surface area contributed by atoms with Crippen LogP contribution in [0.1, 0.15) is 16.1 Å². The average molecular weight is 691 g/mol. The van der Waals surface area contributed by atoms with Crippen molar-refractivity contribution >= 4 is 81.0 Å². The summed E-state index contributed by atoms with van der Waals surface area (Å²) in [6.07, 6.45) is -1.56. The van der Waals surface area contributed by atoms with E-state index < -0.39 is 35.7 Å². The van der Waals surface area contributed by atoms with Crippen molar-refractivity contribution in [3.05, 3.63) is 45.4 Å². The van der Waals surface area contributed by atoms with Crippen LogP contribution in [0.3, 0.4) is 0 Å². The number of hydrogen-bond donors (Lipinski definition) is 1. The summed E-state index contributed by atoms with van der Waals surface area (Å²) >= 11 is 6.89. The minimum absolute atomic E-state index is 0. The van der Waals surface area contributed by atoms with Gasteiger partial charge < -0.3 is 19.7 Å². The van der Waals surface area contributed by atoms with Gasteiger partial charge in [-0.1, -0.05) is 11.6 Å². The van der Waals surface area contributed by atoms with E-state index in [1.54, 1.807) is 20.2 Å². The molecule has 0 unspecified atom stereocenters. The average Bonchev–Trinajstić information content (AvgIpc) is 3.52. The quantitative estimate of drug-likeness (QED) is 0.400. The number of thiophene rings is 1. The Bertz CT molecular complexity index is 1350. The molecule has 2 aromatic rings. The normalized spacial score (nSPS) is 16.8. The fourth-order valence-corrected chi connectivity index (χ4v) is 5.42. The number of likely N-dealkylation sites (N-methyl/N-ethyl adjacent to an activating group) is 1. The van der Waals surface area contributed by atoms with E-state index in [1.807, 2.05) is 0 Å². The third-order valence-electron chi connectivity index (χ3n) is 6.39. The van der Waals surface area contributed by atoms with E-state index in [9.17, 15) is 24.0 Å². The molecule has 3 heterocycles. The van der Waals surface area contributed by atoms with Crippen molar-refractivity contribution in [2.24, 2.45) is 0 Å². The van der Waals surface area contributed by atoms with Crippen LogP contribution in [-0.2, 0) is 23.9 Å². The van der Waals surface area contributed by atoms with Gasteiger partial charge in [0.05, 0.1) is 34.6 Å². The molecular formula is C26H30BrClFN5O7S.